The first-order valence-corrected chi connectivity index (χ1v) is 8.11. The number of rotatable bonds is 8. The second-order valence-electron chi connectivity index (χ2n) is 5.51. The highest BCUT2D eigenvalue weighted by Crippen LogP contribution is 2.29. The molecule has 6 nitrogen and oxygen atoms in total. The summed E-state index contributed by atoms with van der Waals surface area (Å²) < 4.78 is 11.4. The van der Waals surface area contributed by atoms with Crippen molar-refractivity contribution in [3.63, 3.8) is 0 Å². The molecule has 24 heavy (non-hydrogen) atoms. The van der Waals surface area contributed by atoms with Gasteiger partial charge in [-0.2, -0.15) is 5.26 Å². The Morgan fingerprint density at radius 3 is 2.71 bits per heavy atom. The van der Waals surface area contributed by atoms with Crippen molar-refractivity contribution < 1.29 is 19.4 Å². The van der Waals surface area contributed by atoms with E-state index in [0.29, 0.717) is 30.3 Å². The predicted molar refractivity (Wildman–Crippen MR) is 90.0 cm³/mol. The van der Waals surface area contributed by atoms with E-state index in [0.717, 1.165) is 19.6 Å². The van der Waals surface area contributed by atoms with Gasteiger partial charge in [-0.05, 0) is 56.6 Å². The molecule has 1 N–H and O–H groups in total. The van der Waals surface area contributed by atoms with E-state index in [1.54, 1.807) is 24.3 Å². The maximum atomic E-state index is 10.9. The Balaban J connectivity index is 2.08. The van der Waals surface area contributed by atoms with E-state index in [1.165, 1.54) is 18.9 Å². The summed E-state index contributed by atoms with van der Waals surface area (Å²) in [4.78, 5) is 13.3. The fraction of sp³-hybridized carbons (Fsp3) is 0.444. The standard InChI is InChI=1S/C18H22N2O4/c1-2-23-17-12-14(11-15(13-19)18(21)22)5-6-16(17)24-10-9-20-7-3-4-8-20/h5-6,11-12H,2-4,7-10H2,1H3,(H,21,22). The lowest BCUT2D eigenvalue weighted by Gasteiger charge is -2.17. The predicted octanol–water partition coefficient (Wildman–Crippen LogP) is 2.55. The van der Waals surface area contributed by atoms with Crippen molar-refractivity contribution in [3.05, 3.63) is 29.3 Å². The quantitative estimate of drug-likeness (QED) is 0.582. The molecule has 0 aliphatic carbocycles. The van der Waals surface area contributed by atoms with Crippen molar-refractivity contribution in [2.24, 2.45) is 0 Å². The Morgan fingerprint density at radius 1 is 1.33 bits per heavy atom. The van der Waals surface area contributed by atoms with Crippen molar-refractivity contribution in [1.29, 1.82) is 5.26 Å². The van der Waals surface area contributed by atoms with Crippen LogP contribution in [0.4, 0.5) is 0 Å². The third-order valence-corrected chi connectivity index (χ3v) is 3.79. The molecular formula is C18H22N2O4. The minimum Gasteiger partial charge on any atom is -0.490 e. The van der Waals surface area contributed by atoms with Crippen molar-refractivity contribution in [3.8, 4) is 17.6 Å². The van der Waals surface area contributed by atoms with E-state index < -0.39 is 5.97 Å². The SMILES string of the molecule is CCOc1cc(C=C(C#N)C(=O)O)ccc1OCCN1CCCC1. The maximum Gasteiger partial charge on any atom is 0.346 e. The number of nitrogens with zero attached hydrogens (tertiary/aromatic N) is 2. The molecule has 1 aliphatic heterocycles. The van der Waals surface area contributed by atoms with E-state index in [-0.39, 0.29) is 5.57 Å². The van der Waals surface area contributed by atoms with Crippen LogP contribution in [0.25, 0.3) is 6.08 Å². The number of likely N-dealkylation sites (tertiary alicyclic amines) is 1. The first-order chi connectivity index (χ1) is 11.6. The van der Waals surface area contributed by atoms with Crippen LogP contribution in [0.3, 0.4) is 0 Å². The lowest BCUT2D eigenvalue weighted by Crippen LogP contribution is -2.25. The van der Waals surface area contributed by atoms with E-state index in [9.17, 15) is 4.79 Å². The molecule has 0 atom stereocenters. The Kier molecular flexibility index (Phi) is 6.64. The Labute approximate surface area is 141 Å². The second kappa shape index (κ2) is 8.94. The number of aliphatic carboxylic acids is 1. The van der Waals surface area contributed by atoms with Crippen LogP contribution in [-0.4, -0.2) is 48.8 Å². The summed E-state index contributed by atoms with van der Waals surface area (Å²) in [6, 6.07) is 6.82. The van der Waals surface area contributed by atoms with Gasteiger partial charge in [0.15, 0.2) is 11.5 Å². The zero-order chi connectivity index (χ0) is 17.4. The molecule has 6 heteroatoms. The third-order valence-electron chi connectivity index (χ3n) is 3.79. The highest BCUT2D eigenvalue weighted by molar-refractivity contribution is 5.96. The largest absolute Gasteiger partial charge is 0.490 e. The average molecular weight is 330 g/mol. The van der Waals surface area contributed by atoms with Gasteiger partial charge in [-0.1, -0.05) is 6.07 Å². The van der Waals surface area contributed by atoms with Gasteiger partial charge in [0.25, 0.3) is 0 Å². The van der Waals surface area contributed by atoms with Gasteiger partial charge in [0.2, 0.25) is 0 Å². The fourth-order valence-corrected chi connectivity index (χ4v) is 2.60. The Bertz CT molecular complexity index is 643. The molecule has 0 aromatic heterocycles. The van der Waals surface area contributed by atoms with Crippen molar-refractivity contribution >= 4 is 12.0 Å². The molecule has 0 saturated carbocycles. The molecule has 1 aromatic rings. The maximum absolute atomic E-state index is 10.9. The number of ether oxygens (including phenoxy) is 2. The molecule has 1 saturated heterocycles. The van der Waals surface area contributed by atoms with Crippen molar-refractivity contribution in [2.45, 2.75) is 19.8 Å². The van der Waals surface area contributed by atoms with Crippen molar-refractivity contribution in [1.82, 2.24) is 4.90 Å². The average Bonchev–Trinajstić information content (AvgIpc) is 3.07. The molecule has 1 fully saturated rings. The molecule has 1 heterocycles. The molecule has 0 unspecified atom stereocenters. The van der Waals surface area contributed by atoms with Crippen LogP contribution in [0.2, 0.25) is 0 Å². The topological polar surface area (TPSA) is 82.8 Å². The van der Waals surface area contributed by atoms with Crippen LogP contribution in [-0.2, 0) is 4.79 Å². The monoisotopic (exact) mass is 330 g/mol. The molecule has 128 valence electrons. The van der Waals surface area contributed by atoms with E-state index in [2.05, 4.69) is 4.90 Å². The summed E-state index contributed by atoms with van der Waals surface area (Å²) in [5.74, 6) is -0.0706. The number of benzene rings is 1. The molecule has 2 rings (SSSR count). The number of nitriles is 1. The van der Waals surface area contributed by atoms with Gasteiger partial charge in [-0.15, -0.1) is 0 Å². The van der Waals surface area contributed by atoms with Crippen LogP contribution < -0.4 is 9.47 Å². The molecule has 0 spiro atoms. The van der Waals surface area contributed by atoms with E-state index in [4.69, 9.17) is 19.8 Å². The van der Waals surface area contributed by atoms with E-state index in [1.807, 2.05) is 6.92 Å². The molecule has 0 bridgehead atoms. The van der Waals surface area contributed by atoms with Gasteiger partial charge >= 0.3 is 5.97 Å². The summed E-state index contributed by atoms with van der Waals surface area (Å²) in [7, 11) is 0. The molecule has 0 radical (unpaired) electrons. The minimum atomic E-state index is -1.25. The van der Waals surface area contributed by atoms with Gasteiger partial charge in [0.1, 0.15) is 18.2 Å². The van der Waals surface area contributed by atoms with Crippen LogP contribution in [0.15, 0.2) is 23.8 Å². The zero-order valence-electron chi connectivity index (χ0n) is 13.8. The van der Waals surface area contributed by atoms with E-state index >= 15 is 0 Å². The smallest absolute Gasteiger partial charge is 0.346 e. The molecule has 1 aromatic carbocycles. The Morgan fingerprint density at radius 2 is 2.08 bits per heavy atom. The van der Waals surface area contributed by atoms with Gasteiger partial charge in [0, 0.05) is 6.54 Å². The molecule has 1 aliphatic rings. The first-order valence-electron chi connectivity index (χ1n) is 8.11. The summed E-state index contributed by atoms with van der Waals surface area (Å²) in [5.41, 5.74) is 0.268. The van der Waals surface area contributed by atoms with Gasteiger partial charge in [0.05, 0.1) is 6.61 Å². The highest BCUT2D eigenvalue weighted by Gasteiger charge is 2.12. The number of hydrogen-bond donors (Lipinski definition) is 1. The molecular weight excluding hydrogens is 308 g/mol. The summed E-state index contributed by atoms with van der Waals surface area (Å²) in [6.07, 6.45) is 3.81. The fourth-order valence-electron chi connectivity index (χ4n) is 2.60. The highest BCUT2D eigenvalue weighted by atomic mass is 16.5. The number of carbonyl (C=O) groups is 1. The van der Waals surface area contributed by atoms with Gasteiger partial charge in [-0.25, -0.2) is 4.79 Å². The van der Waals surface area contributed by atoms with Crippen molar-refractivity contribution in [2.75, 3.05) is 32.8 Å². The third kappa shape index (κ3) is 5.00. The number of carboxylic acids is 1. The Hall–Kier alpha value is -2.52. The van der Waals surface area contributed by atoms with Gasteiger partial charge in [-0.3, -0.25) is 4.90 Å². The second-order valence-corrected chi connectivity index (χ2v) is 5.51. The lowest BCUT2D eigenvalue weighted by molar-refractivity contribution is -0.132. The molecule has 0 amide bonds. The van der Waals surface area contributed by atoms with Gasteiger partial charge < -0.3 is 14.6 Å². The number of carboxylic acid groups (broad SMARTS) is 1. The lowest BCUT2D eigenvalue weighted by atomic mass is 10.1. The minimum absolute atomic E-state index is 0.319. The summed E-state index contributed by atoms with van der Waals surface area (Å²) in [5, 5.41) is 17.8. The summed E-state index contributed by atoms with van der Waals surface area (Å²) >= 11 is 0. The zero-order valence-corrected chi connectivity index (χ0v) is 13.8. The normalized spacial score (nSPS) is 15.1. The first kappa shape index (κ1) is 17.8. The van der Waals surface area contributed by atoms with Crippen LogP contribution in [0.5, 0.6) is 11.5 Å². The number of hydrogen-bond acceptors (Lipinski definition) is 5. The van der Waals surface area contributed by atoms with Crippen LogP contribution in [0, 0.1) is 11.3 Å². The van der Waals surface area contributed by atoms with Crippen LogP contribution in [0.1, 0.15) is 25.3 Å². The summed E-state index contributed by atoms with van der Waals surface area (Å²) in [6.45, 7) is 6.04. The van der Waals surface area contributed by atoms with Crippen LogP contribution >= 0.6 is 0 Å².